The largest absolute Gasteiger partial charge is 0.507 e. The van der Waals surface area contributed by atoms with Gasteiger partial charge in [-0.25, -0.2) is 0 Å². The third-order valence-electron chi connectivity index (χ3n) is 4.20. The first-order valence-corrected chi connectivity index (χ1v) is 8.02. The molecule has 4 nitrogen and oxygen atoms in total. The second-order valence-corrected chi connectivity index (χ2v) is 5.92. The van der Waals surface area contributed by atoms with Gasteiger partial charge >= 0.3 is 0 Å². The molecule has 1 aromatic rings. The third-order valence-corrected chi connectivity index (χ3v) is 4.20. The van der Waals surface area contributed by atoms with Crippen molar-refractivity contribution in [3.05, 3.63) is 23.8 Å². The van der Waals surface area contributed by atoms with Gasteiger partial charge in [-0.05, 0) is 50.9 Å². The second kappa shape index (κ2) is 8.25. The van der Waals surface area contributed by atoms with Crippen molar-refractivity contribution >= 4 is 0 Å². The number of methoxy groups -OCH3 is 1. The Morgan fingerprint density at radius 1 is 1.33 bits per heavy atom. The van der Waals surface area contributed by atoms with Crippen molar-refractivity contribution in [2.75, 3.05) is 33.3 Å². The molecule has 1 saturated heterocycles. The molecule has 0 saturated carbocycles. The van der Waals surface area contributed by atoms with Crippen LogP contribution in [0.25, 0.3) is 0 Å². The molecule has 118 valence electrons. The van der Waals surface area contributed by atoms with Gasteiger partial charge in [-0.15, -0.1) is 0 Å². The van der Waals surface area contributed by atoms with E-state index < -0.39 is 0 Å². The molecule has 0 bridgehead atoms. The van der Waals surface area contributed by atoms with E-state index >= 15 is 0 Å². The molecule has 4 heteroatoms. The fourth-order valence-corrected chi connectivity index (χ4v) is 3.03. The minimum absolute atomic E-state index is 0.334. The summed E-state index contributed by atoms with van der Waals surface area (Å²) in [5.74, 6) is 1.82. The molecule has 1 aliphatic heterocycles. The number of rotatable bonds is 7. The van der Waals surface area contributed by atoms with E-state index in [2.05, 4.69) is 17.1 Å². The molecular formula is C17H28N2O2. The van der Waals surface area contributed by atoms with E-state index in [0.717, 1.165) is 50.6 Å². The summed E-state index contributed by atoms with van der Waals surface area (Å²) in [7, 11) is 1.62. The molecular weight excluding hydrogens is 264 g/mol. The number of hydrogen-bond donors (Lipinski definition) is 2. The molecule has 1 aliphatic rings. The van der Waals surface area contributed by atoms with Crippen LogP contribution in [0.5, 0.6) is 11.5 Å². The zero-order chi connectivity index (χ0) is 15.1. The molecule has 0 aromatic heterocycles. The van der Waals surface area contributed by atoms with Crippen LogP contribution in [0.4, 0.5) is 0 Å². The summed E-state index contributed by atoms with van der Waals surface area (Å²) >= 11 is 0. The van der Waals surface area contributed by atoms with Gasteiger partial charge in [0.1, 0.15) is 11.5 Å². The van der Waals surface area contributed by atoms with Crippen molar-refractivity contribution in [3.63, 3.8) is 0 Å². The van der Waals surface area contributed by atoms with E-state index in [1.165, 1.54) is 12.8 Å². The highest BCUT2D eigenvalue weighted by molar-refractivity contribution is 5.39. The Hall–Kier alpha value is -1.26. The van der Waals surface area contributed by atoms with Gasteiger partial charge in [-0.2, -0.15) is 0 Å². The number of benzene rings is 1. The summed E-state index contributed by atoms with van der Waals surface area (Å²) in [6, 6.07) is 5.59. The van der Waals surface area contributed by atoms with Crippen LogP contribution in [-0.4, -0.2) is 43.3 Å². The normalized spacial score (nSPS) is 16.3. The van der Waals surface area contributed by atoms with Crippen LogP contribution in [0.2, 0.25) is 0 Å². The summed E-state index contributed by atoms with van der Waals surface area (Å²) in [5, 5.41) is 13.5. The van der Waals surface area contributed by atoms with Gasteiger partial charge in [0.05, 0.1) is 7.11 Å². The average Bonchev–Trinajstić information content (AvgIpc) is 2.50. The lowest BCUT2D eigenvalue weighted by molar-refractivity contribution is 0.197. The standard InChI is InChI=1S/C17H28N2O2/c1-3-10-19(12-14-6-8-18-9-7-14)13-15-4-5-16(21-2)11-17(15)20/h4-5,11,14,18,20H,3,6-10,12-13H2,1-2H3. The molecule has 0 amide bonds. The van der Waals surface area contributed by atoms with E-state index in [1.54, 1.807) is 13.2 Å². The molecule has 1 heterocycles. The topological polar surface area (TPSA) is 44.7 Å². The molecule has 0 radical (unpaired) electrons. The molecule has 0 aliphatic carbocycles. The lowest BCUT2D eigenvalue weighted by Crippen LogP contribution is -2.36. The van der Waals surface area contributed by atoms with Crippen molar-refractivity contribution in [1.29, 1.82) is 0 Å². The maximum Gasteiger partial charge on any atom is 0.123 e. The first-order chi connectivity index (χ1) is 10.2. The highest BCUT2D eigenvalue weighted by Crippen LogP contribution is 2.25. The Balaban J connectivity index is 1.97. The van der Waals surface area contributed by atoms with Gasteiger partial charge in [0.15, 0.2) is 0 Å². The highest BCUT2D eigenvalue weighted by Gasteiger charge is 2.17. The van der Waals surface area contributed by atoms with Gasteiger partial charge in [-0.3, -0.25) is 4.90 Å². The summed E-state index contributed by atoms with van der Waals surface area (Å²) in [6.45, 7) is 7.50. The van der Waals surface area contributed by atoms with E-state index in [-0.39, 0.29) is 0 Å². The molecule has 21 heavy (non-hydrogen) atoms. The summed E-state index contributed by atoms with van der Waals surface area (Å²) in [6.07, 6.45) is 3.66. The number of piperidine rings is 1. The zero-order valence-electron chi connectivity index (χ0n) is 13.3. The van der Waals surface area contributed by atoms with Crippen molar-refractivity contribution in [2.45, 2.75) is 32.7 Å². The van der Waals surface area contributed by atoms with Crippen molar-refractivity contribution < 1.29 is 9.84 Å². The van der Waals surface area contributed by atoms with Gasteiger partial charge in [-0.1, -0.05) is 13.0 Å². The highest BCUT2D eigenvalue weighted by atomic mass is 16.5. The lowest BCUT2D eigenvalue weighted by Gasteiger charge is -2.30. The van der Waals surface area contributed by atoms with Crippen LogP contribution in [0, 0.1) is 5.92 Å². The Bertz CT molecular complexity index is 431. The van der Waals surface area contributed by atoms with E-state index in [1.807, 2.05) is 12.1 Å². The lowest BCUT2D eigenvalue weighted by atomic mass is 9.97. The van der Waals surface area contributed by atoms with Crippen LogP contribution in [0.15, 0.2) is 18.2 Å². The number of ether oxygens (including phenoxy) is 1. The number of phenols is 1. The molecule has 0 atom stereocenters. The molecule has 0 spiro atoms. The number of nitrogens with one attached hydrogen (secondary N) is 1. The summed E-state index contributed by atoms with van der Waals surface area (Å²) in [4.78, 5) is 2.47. The molecule has 2 rings (SSSR count). The van der Waals surface area contributed by atoms with Gasteiger partial charge < -0.3 is 15.2 Å². The minimum Gasteiger partial charge on any atom is -0.507 e. The maximum atomic E-state index is 10.1. The fourth-order valence-electron chi connectivity index (χ4n) is 3.03. The minimum atomic E-state index is 0.334. The van der Waals surface area contributed by atoms with E-state index in [4.69, 9.17) is 4.74 Å². The van der Waals surface area contributed by atoms with Crippen LogP contribution < -0.4 is 10.1 Å². The first kappa shape index (κ1) is 16.1. The number of phenolic OH excluding ortho intramolecular Hbond substituents is 1. The van der Waals surface area contributed by atoms with Crippen LogP contribution in [0.1, 0.15) is 31.7 Å². The number of hydrogen-bond acceptors (Lipinski definition) is 4. The maximum absolute atomic E-state index is 10.1. The van der Waals surface area contributed by atoms with E-state index in [9.17, 15) is 5.11 Å². The average molecular weight is 292 g/mol. The van der Waals surface area contributed by atoms with Crippen LogP contribution in [-0.2, 0) is 6.54 Å². The number of nitrogens with zero attached hydrogens (tertiary/aromatic N) is 1. The number of aromatic hydroxyl groups is 1. The van der Waals surface area contributed by atoms with Gasteiger partial charge in [0, 0.05) is 24.7 Å². The van der Waals surface area contributed by atoms with Crippen molar-refractivity contribution in [3.8, 4) is 11.5 Å². The smallest absolute Gasteiger partial charge is 0.123 e. The predicted molar refractivity (Wildman–Crippen MR) is 85.8 cm³/mol. The molecule has 1 aromatic carbocycles. The fraction of sp³-hybridized carbons (Fsp3) is 0.647. The van der Waals surface area contributed by atoms with Crippen molar-refractivity contribution in [1.82, 2.24) is 10.2 Å². The molecule has 0 unspecified atom stereocenters. The molecule has 1 fully saturated rings. The Morgan fingerprint density at radius 2 is 2.10 bits per heavy atom. The Kier molecular flexibility index (Phi) is 6.33. The summed E-state index contributed by atoms with van der Waals surface area (Å²) < 4.78 is 5.14. The van der Waals surface area contributed by atoms with Crippen LogP contribution >= 0.6 is 0 Å². The van der Waals surface area contributed by atoms with Gasteiger partial charge in [0.25, 0.3) is 0 Å². The Labute approximate surface area is 128 Å². The monoisotopic (exact) mass is 292 g/mol. The predicted octanol–water partition coefficient (Wildman–Crippen LogP) is 2.61. The Morgan fingerprint density at radius 3 is 2.71 bits per heavy atom. The summed E-state index contributed by atoms with van der Waals surface area (Å²) in [5.41, 5.74) is 0.984. The first-order valence-electron chi connectivity index (χ1n) is 8.02. The van der Waals surface area contributed by atoms with E-state index in [0.29, 0.717) is 11.5 Å². The van der Waals surface area contributed by atoms with Gasteiger partial charge in [0.2, 0.25) is 0 Å². The van der Waals surface area contributed by atoms with Crippen molar-refractivity contribution in [2.24, 2.45) is 5.92 Å². The zero-order valence-corrected chi connectivity index (χ0v) is 13.3. The molecule has 2 N–H and O–H groups in total. The SMILES string of the molecule is CCCN(Cc1ccc(OC)cc1O)CC1CCNCC1. The second-order valence-electron chi connectivity index (χ2n) is 5.92. The van der Waals surface area contributed by atoms with Crippen LogP contribution in [0.3, 0.4) is 0 Å². The third kappa shape index (κ3) is 4.90. The quantitative estimate of drug-likeness (QED) is 0.811.